The predicted octanol–water partition coefficient (Wildman–Crippen LogP) is -1.20. The largest absolute Gasteiger partial charge is 0.358 e. The highest BCUT2D eigenvalue weighted by molar-refractivity contribution is 7.85. The molecular formula is C7H14N2O2S. The van der Waals surface area contributed by atoms with E-state index in [4.69, 9.17) is 0 Å². The van der Waals surface area contributed by atoms with Crippen molar-refractivity contribution in [2.45, 2.75) is 0 Å². The summed E-state index contributed by atoms with van der Waals surface area (Å²) >= 11 is 0. The van der Waals surface area contributed by atoms with Gasteiger partial charge in [0.2, 0.25) is 5.91 Å². The lowest BCUT2D eigenvalue weighted by Crippen LogP contribution is -2.43. The van der Waals surface area contributed by atoms with Crippen LogP contribution in [0.25, 0.3) is 0 Å². The molecule has 12 heavy (non-hydrogen) atoms. The smallest absolute Gasteiger partial charge is 0.233 e. The lowest BCUT2D eigenvalue weighted by Gasteiger charge is -2.24. The van der Waals surface area contributed by atoms with Crippen molar-refractivity contribution in [1.29, 1.82) is 0 Å². The third kappa shape index (κ3) is 2.91. The van der Waals surface area contributed by atoms with Crippen LogP contribution in [0.3, 0.4) is 0 Å². The molecule has 0 atom stereocenters. The number of hydrogen-bond donors (Lipinski definition) is 1. The zero-order valence-corrected chi connectivity index (χ0v) is 8.02. The van der Waals surface area contributed by atoms with Crippen molar-refractivity contribution < 1.29 is 9.00 Å². The molecule has 5 heteroatoms. The van der Waals surface area contributed by atoms with E-state index < -0.39 is 10.8 Å². The van der Waals surface area contributed by atoms with E-state index in [2.05, 4.69) is 5.32 Å². The zero-order chi connectivity index (χ0) is 8.97. The van der Waals surface area contributed by atoms with Gasteiger partial charge >= 0.3 is 0 Å². The summed E-state index contributed by atoms with van der Waals surface area (Å²) in [5.74, 6) is 1.44. The maximum Gasteiger partial charge on any atom is 0.233 e. The standard InChI is InChI=1S/C7H14N2O2S/c1-8-7(10)6-9-2-4-12(11)5-3-9/h2-6H2,1H3,(H,8,10). The summed E-state index contributed by atoms with van der Waals surface area (Å²) in [6.45, 7) is 1.99. The first-order chi connectivity index (χ1) is 5.72. The summed E-state index contributed by atoms with van der Waals surface area (Å²) in [4.78, 5) is 13.0. The molecule has 1 fully saturated rings. The van der Waals surface area contributed by atoms with Crippen molar-refractivity contribution in [3.05, 3.63) is 0 Å². The number of nitrogens with zero attached hydrogens (tertiary/aromatic N) is 1. The Bertz CT molecular complexity index is 186. The SMILES string of the molecule is CNC(=O)CN1CCS(=O)CC1. The molecule has 0 bridgehead atoms. The predicted molar refractivity (Wildman–Crippen MR) is 48.4 cm³/mol. The fourth-order valence-corrected chi connectivity index (χ4v) is 2.24. The normalized spacial score (nSPS) is 20.8. The second-order valence-corrected chi connectivity index (χ2v) is 4.49. The van der Waals surface area contributed by atoms with Crippen LogP contribution in [0.15, 0.2) is 0 Å². The molecule has 0 aromatic rings. The van der Waals surface area contributed by atoms with Crippen molar-refractivity contribution in [3.63, 3.8) is 0 Å². The van der Waals surface area contributed by atoms with Gasteiger partial charge in [-0.15, -0.1) is 0 Å². The molecule has 1 N–H and O–H groups in total. The molecule has 0 aromatic heterocycles. The summed E-state index contributed by atoms with van der Waals surface area (Å²) in [6.07, 6.45) is 0. The van der Waals surface area contributed by atoms with Crippen LogP contribution in [-0.4, -0.2) is 53.2 Å². The van der Waals surface area contributed by atoms with Gasteiger partial charge in [-0.3, -0.25) is 13.9 Å². The van der Waals surface area contributed by atoms with Crippen LogP contribution in [0.1, 0.15) is 0 Å². The lowest BCUT2D eigenvalue weighted by molar-refractivity contribution is -0.121. The number of amides is 1. The van der Waals surface area contributed by atoms with Gasteiger partial charge in [-0.2, -0.15) is 0 Å². The highest BCUT2D eigenvalue weighted by Crippen LogP contribution is 1.98. The monoisotopic (exact) mass is 190 g/mol. The third-order valence-electron chi connectivity index (χ3n) is 1.92. The number of likely N-dealkylation sites (N-methyl/N-ethyl adjacent to an activating group) is 1. The van der Waals surface area contributed by atoms with Crippen LogP contribution in [-0.2, 0) is 15.6 Å². The van der Waals surface area contributed by atoms with Crippen molar-refractivity contribution in [1.82, 2.24) is 10.2 Å². The molecule has 70 valence electrons. The number of hydrogen-bond acceptors (Lipinski definition) is 3. The first kappa shape index (κ1) is 9.67. The fraction of sp³-hybridized carbons (Fsp3) is 0.857. The van der Waals surface area contributed by atoms with Gasteiger partial charge in [0, 0.05) is 42.4 Å². The summed E-state index contributed by atoms with van der Waals surface area (Å²) in [5.41, 5.74) is 0. The Morgan fingerprint density at radius 1 is 1.50 bits per heavy atom. The van der Waals surface area contributed by atoms with E-state index in [-0.39, 0.29) is 5.91 Å². The summed E-state index contributed by atoms with van der Waals surface area (Å²) in [7, 11) is 0.978. The van der Waals surface area contributed by atoms with E-state index in [1.54, 1.807) is 7.05 Å². The Morgan fingerprint density at radius 3 is 2.58 bits per heavy atom. The molecule has 0 spiro atoms. The first-order valence-corrected chi connectivity index (χ1v) is 5.49. The molecular weight excluding hydrogens is 176 g/mol. The van der Waals surface area contributed by atoms with Gasteiger partial charge in [-0.25, -0.2) is 0 Å². The molecule has 0 radical (unpaired) electrons. The van der Waals surface area contributed by atoms with Crippen LogP contribution >= 0.6 is 0 Å². The van der Waals surface area contributed by atoms with Gasteiger partial charge in [0.05, 0.1) is 6.54 Å². The molecule has 4 nitrogen and oxygen atoms in total. The summed E-state index contributed by atoms with van der Waals surface area (Å²) < 4.78 is 10.9. The average Bonchev–Trinajstić information content (AvgIpc) is 2.09. The molecule has 1 heterocycles. The topological polar surface area (TPSA) is 49.4 Å². The van der Waals surface area contributed by atoms with Gasteiger partial charge in [0.15, 0.2) is 0 Å². The van der Waals surface area contributed by atoms with Crippen molar-refractivity contribution in [2.75, 3.05) is 38.2 Å². The number of carbonyl (C=O) groups is 1. The molecule has 1 aliphatic heterocycles. The highest BCUT2D eigenvalue weighted by atomic mass is 32.2. The molecule has 0 aromatic carbocycles. The zero-order valence-electron chi connectivity index (χ0n) is 7.21. The van der Waals surface area contributed by atoms with Crippen molar-refractivity contribution in [3.8, 4) is 0 Å². The van der Waals surface area contributed by atoms with Gasteiger partial charge in [-0.05, 0) is 0 Å². The van der Waals surface area contributed by atoms with E-state index in [9.17, 15) is 9.00 Å². The Morgan fingerprint density at radius 2 is 2.08 bits per heavy atom. The quantitative estimate of drug-likeness (QED) is 0.595. The second-order valence-electron chi connectivity index (χ2n) is 2.80. The molecule has 0 aliphatic carbocycles. The maximum absolute atomic E-state index is 10.9. The lowest BCUT2D eigenvalue weighted by atomic mass is 10.4. The number of rotatable bonds is 2. The van der Waals surface area contributed by atoms with Gasteiger partial charge in [0.25, 0.3) is 0 Å². The van der Waals surface area contributed by atoms with Crippen LogP contribution in [0.2, 0.25) is 0 Å². The molecule has 0 saturated carbocycles. The fourth-order valence-electron chi connectivity index (χ4n) is 1.12. The Hall–Kier alpha value is -0.420. The van der Waals surface area contributed by atoms with Gasteiger partial charge < -0.3 is 5.32 Å². The van der Waals surface area contributed by atoms with Gasteiger partial charge in [0.1, 0.15) is 0 Å². The second kappa shape index (κ2) is 4.57. The first-order valence-electron chi connectivity index (χ1n) is 4.00. The minimum Gasteiger partial charge on any atom is -0.358 e. The van der Waals surface area contributed by atoms with Crippen molar-refractivity contribution in [2.24, 2.45) is 0 Å². The minimum atomic E-state index is -0.651. The highest BCUT2D eigenvalue weighted by Gasteiger charge is 2.16. The van der Waals surface area contributed by atoms with Crippen LogP contribution in [0.5, 0.6) is 0 Å². The van der Waals surface area contributed by atoms with Crippen LogP contribution < -0.4 is 5.32 Å². The van der Waals surface area contributed by atoms with E-state index in [1.165, 1.54) is 0 Å². The summed E-state index contributed by atoms with van der Waals surface area (Å²) in [6, 6.07) is 0. The maximum atomic E-state index is 10.9. The molecule has 1 amide bonds. The van der Waals surface area contributed by atoms with Crippen LogP contribution in [0.4, 0.5) is 0 Å². The van der Waals surface area contributed by atoms with E-state index in [0.29, 0.717) is 18.1 Å². The minimum absolute atomic E-state index is 0.0303. The Labute approximate surface area is 74.8 Å². The number of nitrogens with one attached hydrogen (secondary N) is 1. The number of carbonyl (C=O) groups excluding carboxylic acids is 1. The Balaban J connectivity index is 2.26. The van der Waals surface area contributed by atoms with Crippen LogP contribution in [0, 0.1) is 0 Å². The van der Waals surface area contributed by atoms with Gasteiger partial charge in [-0.1, -0.05) is 0 Å². The Kier molecular flexibility index (Phi) is 3.68. The molecule has 0 unspecified atom stereocenters. The van der Waals surface area contributed by atoms with Crippen molar-refractivity contribution >= 4 is 16.7 Å². The van der Waals surface area contributed by atoms with E-state index in [1.807, 2.05) is 4.90 Å². The average molecular weight is 190 g/mol. The molecule has 1 rings (SSSR count). The third-order valence-corrected chi connectivity index (χ3v) is 3.19. The van der Waals surface area contributed by atoms with E-state index in [0.717, 1.165) is 13.1 Å². The summed E-state index contributed by atoms with van der Waals surface area (Å²) in [5, 5.41) is 2.57. The molecule has 1 aliphatic rings. The van der Waals surface area contributed by atoms with E-state index >= 15 is 0 Å². The molecule has 1 saturated heterocycles.